The zero-order valence-corrected chi connectivity index (χ0v) is 8.62. The van der Waals surface area contributed by atoms with Gasteiger partial charge >= 0.3 is 0 Å². The molecular formula is C10H17N3O. The Balaban J connectivity index is 2.42. The molecule has 0 radical (unpaired) electrons. The Kier molecular flexibility index (Phi) is 4.41. The lowest BCUT2D eigenvalue weighted by molar-refractivity contribution is -0.132. The van der Waals surface area contributed by atoms with Crippen molar-refractivity contribution >= 4 is 5.91 Å². The Hall–Kier alpha value is -1.08. The van der Waals surface area contributed by atoms with Gasteiger partial charge in [0, 0.05) is 13.1 Å². The molecule has 1 amide bonds. The van der Waals surface area contributed by atoms with E-state index in [0.717, 1.165) is 19.4 Å². The van der Waals surface area contributed by atoms with Crippen LogP contribution in [0.4, 0.5) is 0 Å². The number of rotatable bonds is 4. The summed E-state index contributed by atoms with van der Waals surface area (Å²) in [6.07, 6.45) is 2.43. The van der Waals surface area contributed by atoms with Crippen molar-refractivity contribution in [1.82, 2.24) is 10.2 Å². The maximum Gasteiger partial charge on any atom is 0.239 e. The molecule has 1 aliphatic rings. The molecule has 1 atom stereocenters. The van der Waals surface area contributed by atoms with Crippen LogP contribution < -0.4 is 5.32 Å². The summed E-state index contributed by atoms with van der Waals surface area (Å²) in [7, 11) is 0. The van der Waals surface area contributed by atoms with E-state index in [1.165, 1.54) is 0 Å². The van der Waals surface area contributed by atoms with Crippen LogP contribution in [0.1, 0.15) is 26.2 Å². The Morgan fingerprint density at radius 1 is 1.71 bits per heavy atom. The van der Waals surface area contributed by atoms with Crippen molar-refractivity contribution < 1.29 is 4.79 Å². The first-order valence-corrected chi connectivity index (χ1v) is 5.18. The second-order valence-corrected chi connectivity index (χ2v) is 3.47. The van der Waals surface area contributed by atoms with Gasteiger partial charge in [-0.05, 0) is 26.3 Å². The third-order valence-electron chi connectivity index (χ3n) is 2.55. The molecule has 0 unspecified atom stereocenters. The van der Waals surface area contributed by atoms with E-state index < -0.39 is 0 Å². The maximum absolute atomic E-state index is 11.8. The molecule has 0 aromatic carbocycles. The Bertz CT molecular complexity index is 228. The first kappa shape index (κ1) is 11.0. The van der Waals surface area contributed by atoms with Gasteiger partial charge in [-0.3, -0.25) is 4.79 Å². The van der Waals surface area contributed by atoms with E-state index in [1.54, 1.807) is 4.90 Å². The van der Waals surface area contributed by atoms with Crippen LogP contribution in [0.2, 0.25) is 0 Å². The Labute approximate surface area is 84.9 Å². The number of nitriles is 1. The fraction of sp³-hybridized carbons (Fsp3) is 0.800. The van der Waals surface area contributed by atoms with Crippen molar-refractivity contribution in [1.29, 1.82) is 5.26 Å². The Morgan fingerprint density at radius 3 is 3.00 bits per heavy atom. The molecule has 1 saturated heterocycles. The molecule has 4 heteroatoms. The number of likely N-dealkylation sites (N-methyl/N-ethyl adjacent to an activating group) is 1. The standard InChI is InChI=1S/C10H17N3O/c1-2-13(8-4-6-11)10(14)9-5-3-7-12-9/h9,12H,2-5,7-8H2,1H3/t9-/m0/s1. The highest BCUT2D eigenvalue weighted by Gasteiger charge is 2.25. The van der Waals surface area contributed by atoms with Crippen molar-refractivity contribution in [3.05, 3.63) is 0 Å². The number of hydrogen-bond donors (Lipinski definition) is 1. The second kappa shape index (κ2) is 5.61. The average Bonchev–Trinajstić information content (AvgIpc) is 2.71. The van der Waals surface area contributed by atoms with Gasteiger partial charge in [-0.2, -0.15) is 5.26 Å². The van der Waals surface area contributed by atoms with Crippen LogP contribution in [0.5, 0.6) is 0 Å². The molecule has 0 aromatic heterocycles. The molecule has 14 heavy (non-hydrogen) atoms. The monoisotopic (exact) mass is 195 g/mol. The van der Waals surface area contributed by atoms with Gasteiger partial charge in [-0.25, -0.2) is 0 Å². The molecule has 0 bridgehead atoms. The minimum atomic E-state index is -0.00589. The summed E-state index contributed by atoms with van der Waals surface area (Å²) in [4.78, 5) is 13.6. The topological polar surface area (TPSA) is 56.1 Å². The number of carbonyl (C=O) groups is 1. The molecule has 0 aromatic rings. The van der Waals surface area contributed by atoms with Crippen LogP contribution >= 0.6 is 0 Å². The summed E-state index contributed by atoms with van der Waals surface area (Å²) in [5.74, 6) is 0.153. The highest BCUT2D eigenvalue weighted by Crippen LogP contribution is 2.08. The van der Waals surface area contributed by atoms with Gasteiger partial charge in [-0.1, -0.05) is 0 Å². The minimum absolute atomic E-state index is 0.00589. The van der Waals surface area contributed by atoms with E-state index in [2.05, 4.69) is 11.4 Å². The van der Waals surface area contributed by atoms with Crippen LogP contribution in [-0.2, 0) is 4.79 Å². The molecule has 0 aliphatic carbocycles. The van der Waals surface area contributed by atoms with Crippen molar-refractivity contribution in [3.63, 3.8) is 0 Å². The fourth-order valence-corrected chi connectivity index (χ4v) is 1.72. The van der Waals surface area contributed by atoms with E-state index >= 15 is 0 Å². The second-order valence-electron chi connectivity index (χ2n) is 3.47. The van der Waals surface area contributed by atoms with Crippen molar-refractivity contribution in [2.45, 2.75) is 32.2 Å². The number of hydrogen-bond acceptors (Lipinski definition) is 3. The predicted molar refractivity (Wildman–Crippen MR) is 53.5 cm³/mol. The first-order valence-electron chi connectivity index (χ1n) is 5.18. The third kappa shape index (κ3) is 2.71. The molecule has 1 rings (SSSR count). The largest absolute Gasteiger partial charge is 0.341 e. The van der Waals surface area contributed by atoms with Gasteiger partial charge in [0.25, 0.3) is 0 Å². The summed E-state index contributed by atoms with van der Waals surface area (Å²) in [6.45, 7) is 4.14. The van der Waals surface area contributed by atoms with Gasteiger partial charge < -0.3 is 10.2 Å². The van der Waals surface area contributed by atoms with E-state index in [0.29, 0.717) is 19.5 Å². The van der Waals surface area contributed by atoms with Crippen LogP contribution in [0.25, 0.3) is 0 Å². The lowest BCUT2D eigenvalue weighted by atomic mass is 10.2. The normalized spacial score (nSPS) is 20.4. The van der Waals surface area contributed by atoms with Crippen LogP contribution in [0.15, 0.2) is 0 Å². The van der Waals surface area contributed by atoms with E-state index in [9.17, 15) is 4.79 Å². The smallest absolute Gasteiger partial charge is 0.239 e. The van der Waals surface area contributed by atoms with Gasteiger partial charge in [0.1, 0.15) is 0 Å². The Morgan fingerprint density at radius 2 is 2.50 bits per heavy atom. The van der Waals surface area contributed by atoms with Gasteiger partial charge in [0.05, 0.1) is 18.5 Å². The van der Waals surface area contributed by atoms with E-state index in [1.807, 2.05) is 6.92 Å². The first-order chi connectivity index (χ1) is 6.79. The highest BCUT2D eigenvalue weighted by atomic mass is 16.2. The summed E-state index contributed by atoms with van der Waals surface area (Å²) in [5, 5.41) is 11.6. The number of nitrogens with zero attached hydrogens (tertiary/aromatic N) is 2. The zero-order valence-electron chi connectivity index (χ0n) is 8.62. The lowest BCUT2D eigenvalue weighted by Crippen LogP contribution is -2.43. The van der Waals surface area contributed by atoms with Gasteiger partial charge in [-0.15, -0.1) is 0 Å². The third-order valence-corrected chi connectivity index (χ3v) is 2.55. The summed E-state index contributed by atoms with van der Waals surface area (Å²) in [6, 6.07) is 2.06. The minimum Gasteiger partial charge on any atom is -0.341 e. The van der Waals surface area contributed by atoms with Crippen LogP contribution in [0, 0.1) is 11.3 Å². The number of amides is 1. The van der Waals surface area contributed by atoms with Crippen LogP contribution in [0.3, 0.4) is 0 Å². The van der Waals surface area contributed by atoms with Gasteiger partial charge in [0.15, 0.2) is 0 Å². The number of nitrogens with one attached hydrogen (secondary N) is 1. The molecule has 1 aliphatic heterocycles. The molecule has 1 heterocycles. The molecule has 0 spiro atoms. The van der Waals surface area contributed by atoms with E-state index in [4.69, 9.17) is 5.26 Å². The summed E-state index contributed by atoms with van der Waals surface area (Å²) in [5.41, 5.74) is 0. The van der Waals surface area contributed by atoms with Gasteiger partial charge in [0.2, 0.25) is 5.91 Å². The highest BCUT2D eigenvalue weighted by molar-refractivity contribution is 5.82. The lowest BCUT2D eigenvalue weighted by Gasteiger charge is -2.23. The zero-order chi connectivity index (χ0) is 10.4. The SMILES string of the molecule is CCN(CCC#N)C(=O)[C@@H]1CCCN1. The average molecular weight is 195 g/mol. The predicted octanol–water partition coefficient (Wildman–Crippen LogP) is 0.501. The summed E-state index contributed by atoms with van der Waals surface area (Å²) < 4.78 is 0. The summed E-state index contributed by atoms with van der Waals surface area (Å²) >= 11 is 0. The molecule has 4 nitrogen and oxygen atoms in total. The maximum atomic E-state index is 11.8. The van der Waals surface area contributed by atoms with Crippen molar-refractivity contribution in [3.8, 4) is 6.07 Å². The van der Waals surface area contributed by atoms with Crippen LogP contribution in [-0.4, -0.2) is 36.5 Å². The fourth-order valence-electron chi connectivity index (χ4n) is 1.72. The molecule has 1 fully saturated rings. The number of carbonyl (C=O) groups excluding carboxylic acids is 1. The quantitative estimate of drug-likeness (QED) is 0.710. The molecule has 1 N–H and O–H groups in total. The van der Waals surface area contributed by atoms with E-state index in [-0.39, 0.29) is 11.9 Å². The molecule has 0 saturated carbocycles. The van der Waals surface area contributed by atoms with Crippen molar-refractivity contribution in [2.75, 3.05) is 19.6 Å². The molecule has 78 valence electrons. The van der Waals surface area contributed by atoms with Crippen molar-refractivity contribution in [2.24, 2.45) is 0 Å². The molecular weight excluding hydrogens is 178 g/mol.